The average Bonchev–Trinajstić information content (AvgIpc) is 2.93. The van der Waals surface area contributed by atoms with Crippen LogP contribution in [0.15, 0.2) is 18.3 Å². The number of aromatic nitrogens is 1. The van der Waals surface area contributed by atoms with Gasteiger partial charge in [-0.3, -0.25) is 9.78 Å². The van der Waals surface area contributed by atoms with E-state index in [2.05, 4.69) is 4.98 Å². The lowest BCUT2D eigenvalue weighted by Gasteiger charge is -2.42. The Bertz CT molecular complexity index is 565. The van der Waals surface area contributed by atoms with Gasteiger partial charge < -0.3 is 19.8 Å². The Hall–Kier alpha value is -1.50. The Balaban J connectivity index is 1.86. The molecule has 0 spiro atoms. The van der Waals surface area contributed by atoms with Gasteiger partial charge in [-0.1, -0.05) is 0 Å². The molecule has 0 aromatic carbocycles. The van der Waals surface area contributed by atoms with Crippen LogP contribution in [0.1, 0.15) is 41.7 Å². The maximum Gasteiger partial charge on any atom is 0.272 e. The van der Waals surface area contributed by atoms with Crippen molar-refractivity contribution in [1.82, 2.24) is 9.88 Å². The number of methoxy groups -OCH3 is 1. The maximum atomic E-state index is 12.8. The fourth-order valence-corrected chi connectivity index (χ4v) is 3.76. The number of pyridine rings is 1. The van der Waals surface area contributed by atoms with Gasteiger partial charge in [0.1, 0.15) is 5.69 Å². The SMILES string of the molecule is CO[C@@]12CC[C@@H](O)C[C@@H]1N(C(=O)c1cc(CO)ccn1)CC2. The zero-order chi connectivity index (χ0) is 15.7. The molecule has 0 radical (unpaired) electrons. The molecule has 120 valence electrons. The smallest absolute Gasteiger partial charge is 0.272 e. The van der Waals surface area contributed by atoms with E-state index in [0.717, 1.165) is 12.8 Å². The number of aliphatic hydroxyl groups is 2. The standard InChI is InChI=1S/C16H22N2O4/c1-22-16-4-2-12(20)9-14(16)18(7-5-16)15(21)13-8-11(10-19)3-6-17-13/h3,6,8,12,14,19-20H,2,4-5,7,9-10H2,1H3/t12-,14+,16-/m1/s1. The minimum atomic E-state index is -0.390. The van der Waals surface area contributed by atoms with Crippen LogP contribution in [-0.4, -0.2) is 57.4 Å². The molecular weight excluding hydrogens is 284 g/mol. The minimum Gasteiger partial charge on any atom is -0.393 e. The van der Waals surface area contributed by atoms with Gasteiger partial charge in [-0.05, 0) is 43.4 Å². The van der Waals surface area contributed by atoms with Crippen LogP contribution in [0.25, 0.3) is 0 Å². The Labute approximate surface area is 129 Å². The predicted octanol–water partition coefficient (Wildman–Crippen LogP) is 0.718. The van der Waals surface area contributed by atoms with Crippen molar-refractivity contribution in [2.45, 2.75) is 50.0 Å². The van der Waals surface area contributed by atoms with E-state index in [1.807, 2.05) is 0 Å². The number of carbonyl (C=O) groups is 1. The van der Waals surface area contributed by atoms with E-state index < -0.39 is 6.10 Å². The number of hydrogen-bond acceptors (Lipinski definition) is 5. The first-order valence-corrected chi connectivity index (χ1v) is 7.69. The molecule has 6 heteroatoms. The molecule has 22 heavy (non-hydrogen) atoms. The van der Waals surface area contributed by atoms with Crippen LogP contribution in [0.4, 0.5) is 0 Å². The highest BCUT2D eigenvalue weighted by Crippen LogP contribution is 2.42. The quantitative estimate of drug-likeness (QED) is 0.860. The van der Waals surface area contributed by atoms with Gasteiger partial charge in [-0.2, -0.15) is 0 Å². The van der Waals surface area contributed by atoms with E-state index in [9.17, 15) is 15.0 Å². The summed E-state index contributed by atoms with van der Waals surface area (Å²) in [7, 11) is 1.68. The van der Waals surface area contributed by atoms with Crippen LogP contribution in [0.3, 0.4) is 0 Å². The third kappa shape index (κ3) is 2.51. The second-order valence-corrected chi connectivity index (χ2v) is 6.17. The van der Waals surface area contributed by atoms with Gasteiger partial charge in [0.2, 0.25) is 0 Å². The summed E-state index contributed by atoms with van der Waals surface area (Å²) in [5.41, 5.74) is 0.654. The van der Waals surface area contributed by atoms with E-state index in [1.54, 1.807) is 24.1 Å². The molecule has 1 saturated heterocycles. The summed E-state index contributed by atoms with van der Waals surface area (Å²) >= 11 is 0. The van der Waals surface area contributed by atoms with Gasteiger partial charge in [0.15, 0.2) is 0 Å². The number of carbonyl (C=O) groups excluding carboxylic acids is 1. The summed E-state index contributed by atoms with van der Waals surface area (Å²) in [5, 5.41) is 19.2. The molecule has 2 aliphatic rings. The minimum absolute atomic E-state index is 0.117. The van der Waals surface area contributed by atoms with Crippen LogP contribution >= 0.6 is 0 Å². The summed E-state index contributed by atoms with van der Waals surface area (Å²) in [6.45, 7) is 0.488. The number of aliphatic hydroxyl groups excluding tert-OH is 2. The fraction of sp³-hybridized carbons (Fsp3) is 0.625. The molecule has 1 aliphatic heterocycles. The second-order valence-electron chi connectivity index (χ2n) is 6.17. The van der Waals surface area contributed by atoms with E-state index in [1.165, 1.54) is 6.20 Å². The van der Waals surface area contributed by atoms with Crippen LogP contribution in [0.2, 0.25) is 0 Å². The highest BCUT2D eigenvalue weighted by atomic mass is 16.5. The van der Waals surface area contributed by atoms with Crippen LogP contribution in [0, 0.1) is 0 Å². The molecular formula is C16H22N2O4. The molecule has 2 fully saturated rings. The highest BCUT2D eigenvalue weighted by molar-refractivity contribution is 5.93. The number of fused-ring (bicyclic) bond motifs is 1. The zero-order valence-corrected chi connectivity index (χ0v) is 12.7. The Morgan fingerprint density at radius 2 is 2.36 bits per heavy atom. The van der Waals surface area contributed by atoms with E-state index in [4.69, 9.17) is 4.74 Å². The largest absolute Gasteiger partial charge is 0.393 e. The molecule has 3 atom stereocenters. The molecule has 0 bridgehead atoms. The van der Waals surface area contributed by atoms with Gasteiger partial charge in [-0.15, -0.1) is 0 Å². The van der Waals surface area contributed by atoms with E-state index in [-0.39, 0.29) is 24.2 Å². The van der Waals surface area contributed by atoms with Gasteiger partial charge in [0, 0.05) is 19.9 Å². The van der Waals surface area contributed by atoms with Gasteiger partial charge >= 0.3 is 0 Å². The number of ether oxygens (including phenoxy) is 1. The lowest BCUT2D eigenvalue weighted by atomic mass is 9.79. The van der Waals surface area contributed by atoms with E-state index in [0.29, 0.717) is 30.6 Å². The topological polar surface area (TPSA) is 82.9 Å². The van der Waals surface area contributed by atoms with Crippen molar-refractivity contribution in [2.24, 2.45) is 0 Å². The van der Waals surface area contributed by atoms with Crippen molar-refractivity contribution in [3.63, 3.8) is 0 Å². The number of rotatable bonds is 3. The number of amides is 1. The van der Waals surface area contributed by atoms with Crippen molar-refractivity contribution >= 4 is 5.91 Å². The molecule has 1 aromatic rings. The molecule has 1 aromatic heterocycles. The van der Waals surface area contributed by atoms with Crippen LogP contribution in [-0.2, 0) is 11.3 Å². The molecule has 1 saturated carbocycles. The Morgan fingerprint density at radius 1 is 1.55 bits per heavy atom. The Morgan fingerprint density at radius 3 is 3.09 bits per heavy atom. The second kappa shape index (κ2) is 5.95. The fourth-order valence-electron chi connectivity index (χ4n) is 3.76. The summed E-state index contributed by atoms with van der Waals surface area (Å²) in [5.74, 6) is -0.159. The average molecular weight is 306 g/mol. The molecule has 0 unspecified atom stereocenters. The monoisotopic (exact) mass is 306 g/mol. The first-order valence-electron chi connectivity index (χ1n) is 7.69. The van der Waals surface area contributed by atoms with Crippen molar-refractivity contribution in [3.05, 3.63) is 29.6 Å². The van der Waals surface area contributed by atoms with E-state index >= 15 is 0 Å². The third-order valence-electron chi connectivity index (χ3n) is 5.05. The molecule has 1 aliphatic carbocycles. The van der Waals surface area contributed by atoms with Gasteiger partial charge in [-0.25, -0.2) is 0 Å². The van der Waals surface area contributed by atoms with Gasteiger partial charge in [0.05, 0.1) is 24.4 Å². The summed E-state index contributed by atoms with van der Waals surface area (Å²) < 4.78 is 5.75. The lowest BCUT2D eigenvalue weighted by Crippen LogP contribution is -2.52. The maximum absolute atomic E-state index is 12.8. The third-order valence-corrected chi connectivity index (χ3v) is 5.05. The summed E-state index contributed by atoms with van der Waals surface area (Å²) in [6, 6.07) is 3.19. The summed E-state index contributed by atoms with van der Waals surface area (Å²) in [4.78, 5) is 18.7. The zero-order valence-electron chi connectivity index (χ0n) is 12.7. The summed E-state index contributed by atoms with van der Waals surface area (Å²) in [6.07, 6.45) is 3.95. The van der Waals surface area contributed by atoms with Crippen molar-refractivity contribution in [3.8, 4) is 0 Å². The predicted molar refractivity (Wildman–Crippen MR) is 79.2 cm³/mol. The lowest BCUT2D eigenvalue weighted by molar-refractivity contribution is -0.0824. The number of likely N-dealkylation sites (tertiary alicyclic amines) is 1. The van der Waals surface area contributed by atoms with Crippen molar-refractivity contribution < 1.29 is 19.7 Å². The first kappa shape index (κ1) is 15.4. The van der Waals surface area contributed by atoms with Gasteiger partial charge in [0.25, 0.3) is 5.91 Å². The molecule has 2 heterocycles. The van der Waals surface area contributed by atoms with Crippen LogP contribution in [0.5, 0.6) is 0 Å². The first-order chi connectivity index (χ1) is 10.6. The van der Waals surface area contributed by atoms with Crippen molar-refractivity contribution in [1.29, 1.82) is 0 Å². The molecule has 3 rings (SSSR count). The normalized spacial score (nSPS) is 31.1. The Kier molecular flexibility index (Phi) is 4.16. The van der Waals surface area contributed by atoms with Crippen LogP contribution < -0.4 is 0 Å². The van der Waals surface area contributed by atoms with Crippen molar-refractivity contribution in [2.75, 3.05) is 13.7 Å². The number of hydrogen-bond donors (Lipinski definition) is 2. The molecule has 2 N–H and O–H groups in total. The molecule has 6 nitrogen and oxygen atoms in total. The molecule has 1 amide bonds. The highest BCUT2D eigenvalue weighted by Gasteiger charge is 2.52. The number of nitrogens with zero attached hydrogens (tertiary/aromatic N) is 2.